The first-order valence-corrected chi connectivity index (χ1v) is 8.51. The predicted molar refractivity (Wildman–Crippen MR) is 95.1 cm³/mol. The summed E-state index contributed by atoms with van der Waals surface area (Å²) in [6, 6.07) is 14.9. The Hall–Kier alpha value is -2.53. The highest BCUT2D eigenvalue weighted by Gasteiger charge is 2.17. The Bertz CT molecular complexity index is 696. The summed E-state index contributed by atoms with van der Waals surface area (Å²) in [6.07, 6.45) is 2.19. The maximum atomic E-state index is 12.4. The van der Waals surface area contributed by atoms with Crippen molar-refractivity contribution in [1.29, 1.82) is 0 Å². The molecule has 1 aliphatic rings. The number of carbonyl (C=O) groups is 1. The van der Waals surface area contributed by atoms with Gasteiger partial charge in [-0.05, 0) is 43.2 Å². The molecule has 1 heterocycles. The number of ether oxygens (including phenoxy) is 3. The number of nitrogens with one attached hydrogen (secondary N) is 1. The van der Waals surface area contributed by atoms with Crippen LogP contribution in [0.4, 0.5) is 0 Å². The van der Waals surface area contributed by atoms with Crippen LogP contribution in [0.3, 0.4) is 0 Å². The van der Waals surface area contributed by atoms with Crippen LogP contribution in [0.1, 0.15) is 28.8 Å². The lowest BCUT2D eigenvalue weighted by Gasteiger charge is -2.14. The molecule has 1 N–H and O–H groups in total. The van der Waals surface area contributed by atoms with E-state index in [4.69, 9.17) is 14.2 Å². The van der Waals surface area contributed by atoms with Crippen LogP contribution < -0.4 is 14.8 Å². The van der Waals surface area contributed by atoms with Gasteiger partial charge in [0.05, 0.1) is 13.2 Å². The van der Waals surface area contributed by atoms with Crippen LogP contribution in [0.15, 0.2) is 48.5 Å². The molecule has 25 heavy (non-hydrogen) atoms. The minimum atomic E-state index is -0.112. The van der Waals surface area contributed by atoms with Crippen molar-refractivity contribution in [2.24, 2.45) is 0 Å². The Morgan fingerprint density at radius 2 is 2.08 bits per heavy atom. The lowest BCUT2D eigenvalue weighted by atomic mass is 10.1. The Morgan fingerprint density at radius 3 is 2.80 bits per heavy atom. The van der Waals surface area contributed by atoms with Crippen molar-refractivity contribution in [3.8, 4) is 11.5 Å². The second-order valence-corrected chi connectivity index (χ2v) is 5.97. The van der Waals surface area contributed by atoms with Gasteiger partial charge in [0.25, 0.3) is 5.91 Å². The molecule has 1 aliphatic heterocycles. The van der Waals surface area contributed by atoms with E-state index in [2.05, 4.69) is 5.32 Å². The van der Waals surface area contributed by atoms with Gasteiger partial charge in [0, 0.05) is 24.3 Å². The van der Waals surface area contributed by atoms with Crippen molar-refractivity contribution >= 4 is 5.91 Å². The average molecular weight is 341 g/mol. The third-order valence-electron chi connectivity index (χ3n) is 4.19. The van der Waals surface area contributed by atoms with Crippen LogP contribution in [0.5, 0.6) is 11.5 Å². The summed E-state index contributed by atoms with van der Waals surface area (Å²) in [6.45, 7) is 1.66. The van der Waals surface area contributed by atoms with E-state index >= 15 is 0 Å². The number of para-hydroxylation sites is 1. The second kappa shape index (κ2) is 8.53. The third kappa shape index (κ3) is 4.73. The molecule has 1 atom stereocenters. The molecule has 2 aromatic rings. The predicted octanol–water partition coefficient (Wildman–Crippen LogP) is 3.18. The van der Waals surface area contributed by atoms with Crippen molar-refractivity contribution in [3.05, 3.63) is 59.7 Å². The Balaban J connectivity index is 1.64. The van der Waals surface area contributed by atoms with Crippen LogP contribution >= 0.6 is 0 Å². The molecule has 0 spiro atoms. The van der Waals surface area contributed by atoms with Gasteiger partial charge in [0.1, 0.15) is 18.1 Å². The summed E-state index contributed by atoms with van der Waals surface area (Å²) in [5.74, 6) is 1.36. The zero-order chi connectivity index (χ0) is 17.5. The zero-order valence-electron chi connectivity index (χ0n) is 14.4. The fourth-order valence-electron chi connectivity index (χ4n) is 2.82. The number of benzene rings is 2. The first-order valence-electron chi connectivity index (χ1n) is 8.51. The molecule has 0 aliphatic carbocycles. The maximum absolute atomic E-state index is 12.4. The highest BCUT2D eigenvalue weighted by molar-refractivity contribution is 5.94. The number of amides is 1. The largest absolute Gasteiger partial charge is 0.496 e. The molecule has 2 aromatic carbocycles. The van der Waals surface area contributed by atoms with Gasteiger partial charge < -0.3 is 19.5 Å². The number of carbonyl (C=O) groups excluding carboxylic acids is 1. The minimum Gasteiger partial charge on any atom is -0.496 e. The van der Waals surface area contributed by atoms with Crippen LogP contribution in [0.2, 0.25) is 0 Å². The van der Waals surface area contributed by atoms with Gasteiger partial charge in [-0.2, -0.15) is 0 Å². The minimum absolute atomic E-state index is 0.112. The lowest BCUT2D eigenvalue weighted by molar-refractivity contribution is 0.0857. The van der Waals surface area contributed by atoms with Gasteiger partial charge in [-0.15, -0.1) is 0 Å². The molecule has 5 nitrogen and oxygen atoms in total. The molecule has 0 aromatic heterocycles. The van der Waals surface area contributed by atoms with E-state index < -0.39 is 0 Å². The normalized spacial score (nSPS) is 16.4. The molecule has 0 radical (unpaired) electrons. The Labute approximate surface area is 147 Å². The molecule has 1 amide bonds. The van der Waals surface area contributed by atoms with Crippen molar-refractivity contribution in [2.75, 3.05) is 20.3 Å². The smallest absolute Gasteiger partial charge is 0.251 e. The van der Waals surface area contributed by atoms with E-state index in [1.54, 1.807) is 19.2 Å². The first kappa shape index (κ1) is 17.3. The van der Waals surface area contributed by atoms with Crippen molar-refractivity contribution < 1.29 is 19.0 Å². The lowest BCUT2D eigenvalue weighted by Crippen LogP contribution is -2.31. The van der Waals surface area contributed by atoms with E-state index in [-0.39, 0.29) is 12.0 Å². The summed E-state index contributed by atoms with van der Waals surface area (Å²) in [5.41, 5.74) is 1.42. The molecule has 5 heteroatoms. The SMILES string of the molecule is COc1ccc(C(=O)NC[C@@H]2CCCO2)cc1COc1ccccc1. The Kier molecular flexibility index (Phi) is 5.90. The average Bonchev–Trinajstić information content (AvgIpc) is 3.18. The number of methoxy groups -OCH3 is 1. The number of hydrogen-bond donors (Lipinski definition) is 1. The van der Waals surface area contributed by atoms with Crippen molar-refractivity contribution in [1.82, 2.24) is 5.32 Å². The van der Waals surface area contributed by atoms with Crippen molar-refractivity contribution in [2.45, 2.75) is 25.6 Å². The summed E-state index contributed by atoms with van der Waals surface area (Å²) < 4.78 is 16.7. The summed E-state index contributed by atoms with van der Waals surface area (Å²) in [4.78, 5) is 12.4. The van der Waals surface area contributed by atoms with Gasteiger partial charge in [-0.25, -0.2) is 0 Å². The molecule has 0 saturated carbocycles. The van der Waals surface area contributed by atoms with Gasteiger partial charge in [-0.3, -0.25) is 4.79 Å². The second-order valence-electron chi connectivity index (χ2n) is 5.97. The molecule has 0 unspecified atom stereocenters. The third-order valence-corrected chi connectivity index (χ3v) is 4.19. The fraction of sp³-hybridized carbons (Fsp3) is 0.350. The van der Waals surface area contributed by atoms with Gasteiger partial charge in [0.15, 0.2) is 0 Å². The highest BCUT2D eigenvalue weighted by Crippen LogP contribution is 2.22. The Morgan fingerprint density at radius 1 is 1.24 bits per heavy atom. The number of hydrogen-bond acceptors (Lipinski definition) is 4. The van der Waals surface area contributed by atoms with E-state index in [0.29, 0.717) is 24.5 Å². The van der Waals surface area contributed by atoms with E-state index in [1.807, 2.05) is 36.4 Å². The monoisotopic (exact) mass is 341 g/mol. The van der Waals surface area contributed by atoms with Gasteiger partial charge in [0.2, 0.25) is 0 Å². The molecular formula is C20H23NO4. The molecule has 0 bridgehead atoms. The molecule has 132 valence electrons. The first-order chi connectivity index (χ1) is 12.3. The molecule has 1 saturated heterocycles. The van der Waals surface area contributed by atoms with Crippen LogP contribution in [-0.2, 0) is 11.3 Å². The standard InChI is InChI=1S/C20H23NO4/c1-23-19-10-9-15(20(22)21-13-18-8-5-11-24-18)12-16(19)14-25-17-6-3-2-4-7-17/h2-4,6-7,9-10,12,18H,5,8,11,13-14H2,1H3,(H,21,22)/t18-/m0/s1. The zero-order valence-corrected chi connectivity index (χ0v) is 14.4. The fourth-order valence-corrected chi connectivity index (χ4v) is 2.82. The molecular weight excluding hydrogens is 318 g/mol. The summed E-state index contributed by atoms with van der Waals surface area (Å²) >= 11 is 0. The van der Waals surface area contributed by atoms with E-state index in [9.17, 15) is 4.79 Å². The van der Waals surface area contributed by atoms with Gasteiger partial charge in [-0.1, -0.05) is 18.2 Å². The van der Waals surface area contributed by atoms with E-state index in [1.165, 1.54) is 0 Å². The highest BCUT2D eigenvalue weighted by atomic mass is 16.5. The topological polar surface area (TPSA) is 56.8 Å². The van der Waals surface area contributed by atoms with Crippen LogP contribution in [0, 0.1) is 0 Å². The number of rotatable bonds is 7. The van der Waals surface area contributed by atoms with Crippen LogP contribution in [-0.4, -0.2) is 32.3 Å². The molecule has 1 fully saturated rings. The van der Waals surface area contributed by atoms with Gasteiger partial charge >= 0.3 is 0 Å². The summed E-state index contributed by atoms with van der Waals surface area (Å²) in [7, 11) is 1.61. The summed E-state index contributed by atoms with van der Waals surface area (Å²) in [5, 5.41) is 2.93. The quantitative estimate of drug-likeness (QED) is 0.840. The van der Waals surface area contributed by atoms with Crippen molar-refractivity contribution in [3.63, 3.8) is 0 Å². The molecule has 3 rings (SSSR count). The maximum Gasteiger partial charge on any atom is 0.251 e. The van der Waals surface area contributed by atoms with E-state index in [0.717, 1.165) is 30.8 Å². The van der Waals surface area contributed by atoms with Crippen LogP contribution in [0.25, 0.3) is 0 Å².